The third-order valence-corrected chi connectivity index (χ3v) is 5.06. The first-order valence-corrected chi connectivity index (χ1v) is 8.70. The van der Waals surface area contributed by atoms with Gasteiger partial charge in [-0.15, -0.1) is 0 Å². The van der Waals surface area contributed by atoms with Crippen LogP contribution in [0.3, 0.4) is 0 Å². The molecule has 0 heterocycles. The van der Waals surface area contributed by atoms with Gasteiger partial charge in [-0.3, -0.25) is 4.72 Å². The van der Waals surface area contributed by atoms with Gasteiger partial charge in [-0.2, -0.15) is 0 Å². The summed E-state index contributed by atoms with van der Waals surface area (Å²) in [5, 5.41) is 0. The number of hydrogen-bond donors (Lipinski definition) is 1. The van der Waals surface area contributed by atoms with E-state index in [0.29, 0.717) is 15.9 Å². The maximum absolute atomic E-state index is 12.4. The van der Waals surface area contributed by atoms with Crippen molar-refractivity contribution in [1.82, 2.24) is 0 Å². The summed E-state index contributed by atoms with van der Waals surface area (Å²) < 4.78 is 33.2. The molecule has 0 aromatic heterocycles. The predicted octanol–water partition coefficient (Wildman–Crippen LogP) is 3.82. The van der Waals surface area contributed by atoms with Gasteiger partial charge in [0.15, 0.2) is 0 Å². The van der Waals surface area contributed by atoms with Crippen LogP contribution in [0.5, 0.6) is 5.75 Å². The Morgan fingerprint density at radius 1 is 1.19 bits per heavy atom. The summed E-state index contributed by atoms with van der Waals surface area (Å²) in [6.45, 7) is 1.98. The smallest absolute Gasteiger partial charge is 0.261 e. The fraction of sp³-hybridized carbons (Fsp3) is 0.200. The van der Waals surface area contributed by atoms with Crippen LogP contribution in [0.2, 0.25) is 0 Å². The molecular weight excluding hydrogens is 354 g/mol. The van der Waals surface area contributed by atoms with Crippen molar-refractivity contribution in [2.75, 3.05) is 11.8 Å². The third-order valence-electron chi connectivity index (χ3n) is 3.08. The summed E-state index contributed by atoms with van der Waals surface area (Å²) in [6, 6.07) is 12.0. The molecule has 0 saturated carbocycles. The Hall–Kier alpha value is -1.53. The zero-order chi connectivity index (χ0) is 15.5. The predicted molar refractivity (Wildman–Crippen MR) is 87.3 cm³/mol. The number of sulfonamides is 1. The molecule has 0 amide bonds. The fourth-order valence-electron chi connectivity index (χ4n) is 1.95. The molecule has 0 radical (unpaired) electrons. The molecule has 0 atom stereocenters. The minimum atomic E-state index is -3.63. The summed E-state index contributed by atoms with van der Waals surface area (Å²) in [6.07, 6.45) is 0.755. The number of anilines is 1. The maximum Gasteiger partial charge on any atom is 0.261 e. The van der Waals surface area contributed by atoms with Crippen molar-refractivity contribution in [3.63, 3.8) is 0 Å². The molecule has 0 aliphatic carbocycles. The lowest BCUT2D eigenvalue weighted by atomic mass is 10.1. The molecule has 0 fully saturated rings. The maximum atomic E-state index is 12.4. The van der Waals surface area contributed by atoms with Crippen LogP contribution in [0.25, 0.3) is 0 Å². The van der Waals surface area contributed by atoms with E-state index in [4.69, 9.17) is 4.74 Å². The Bertz CT molecular complexity index is 744. The summed E-state index contributed by atoms with van der Waals surface area (Å²) in [7, 11) is -2.10. The zero-order valence-electron chi connectivity index (χ0n) is 11.8. The first-order chi connectivity index (χ1) is 9.97. The second kappa shape index (κ2) is 6.49. The van der Waals surface area contributed by atoms with Crippen LogP contribution in [-0.4, -0.2) is 15.5 Å². The molecule has 1 N–H and O–H groups in total. The average molecular weight is 370 g/mol. The van der Waals surface area contributed by atoms with Crippen molar-refractivity contribution >= 4 is 31.6 Å². The van der Waals surface area contributed by atoms with Crippen LogP contribution in [0, 0.1) is 0 Å². The Balaban J connectivity index is 2.36. The lowest BCUT2D eigenvalue weighted by Crippen LogP contribution is -2.14. The van der Waals surface area contributed by atoms with Gasteiger partial charge in [-0.05, 0) is 52.2 Å². The minimum absolute atomic E-state index is 0.182. The van der Waals surface area contributed by atoms with E-state index in [1.54, 1.807) is 18.2 Å². The van der Waals surface area contributed by atoms with E-state index in [-0.39, 0.29) is 4.90 Å². The van der Waals surface area contributed by atoms with Crippen molar-refractivity contribution in [3.8, 4) is 5.75 Å². The van der Waals surface area contributed by atoms with Gasteiger partial charge in [0.25, 0.3) is 10.0 Å². The quantitative estimate of drug-likeness (QED) is 0.871. The highest BCUT2D eigenvalue weighted by atomic mass is 79.9. The van der Waals surface area contributed by atoms with Gasteiger partial charge in [-0.1, -0.05) is 25.1 Å². The molecule has 6 heteroatoms. The SMILES string of the molecule is CCc1ccccc1NS(=O)(=O)c1ccc(OC)c(Br)c1. The fourth-order valence-corrected chi connectivity index (χ4v) is 3.77. The lowest BCUT2D eigenvalue weighted by Gasteiger charge is -2.12. The van der Waals surface area contributed by atoms with E-state index < -0.39 is 10.0 Å². The number of ether oxygens (including phenoxy) is 1. The molecule has 112 valence electrons. The summed E-state index contributed by atoms with van der Waals surface area (Å²) in [5.74, 6) is 0.586. The third kappa shape index (κ3) is 3.57. The normalized spacial score (nSPS) is 11.2. The number of nitrogens with one attached hydrogen (secondary N) is 1. The Kier molecular flexibility index (Phi) is 4.90. The first-order valence-electron chi connectivity index (χ1n) is 6.42. The number of aryl methyl sites for hydroxylation is 1. The van der Waals surface area contributed by atoms with Crippen molar-refractivity contribution in [3.05, 3.63) is 52.5 Å². The molecule has 0 aliphatic heterocycles. The van der Waals surface area contributed by atoms with E-state index in [1.165, 1.54) is 19.2 Å². The number of hydrogen-bond acceptors (Lipinski definition) is 3. The monoisotopic (exact) mass is 369 g/mol. The van der Waals surface area contributed by atoms with Gasteiger partial charge in [0.05, 0.1) is 22.2 Å². The van der Waals surface area contributed by atoms with Crippen LogP contribution < -0.4 is 9.46 Å². The molecule has 0 bridgehead atoms. The number of halogens is 1. The number of rotatable bonds is 5. The second-order valence-electron chi connectivity index (χ2n) is 4.41. The number of benzene rings is 2. The molecule has 0 saturated heterocycles. The van der Waals surface area contributed by atoms with Crippen molar-refractivity contribution in [2.24, 2.45) is 0 Å². The Morgan fingerprint density at radius 3 is 2.52 bits per heavy atom. The standard InChI is InChI=1S/C15H16BrNO3S/c1-3-11-6-4-5-7-14(11)17-21(18,19)12-8-9-15(20-2)13(16)10-12/h4-10,17H,3H2,1-2H3. The van der Waals surface area contributed by atoms with Crippen molar-refractivity contribution in [2.45, 2.75) is 18.2 Å². The zero-order valence-corrected chi connectivity index (χ0v) is 14.2. The van der Waals surface area contributed by atoms with Gasteiger partial charge in [0.2, 0.25) is 0 Å². The molecule has 0 unspecified atom stereocenters. The van der Waals surface area contributed by atoms with Gasteiger partial charge in [0, 0.05) is 0 Å². The van der Waals surface area contributed by atoms with Crippen molar-refractivity contribution in [1.29, 1.82) is 0 Å². The second-order valence-corrected chi connectivity index (χ2v) is 6.95. The molecular formula is C15H16BrNO3S. The summed E-state index contributed by atoms with van der Waals surface area (Å²) >= 11 is 3.30. The van der Waals surface area contributed by atoms with Gasteiger partial charge >= 0.3 is 0 Å². The largest absolute Gasteiger partial charge is 0.496 e. The summed E-state index contributed by atoms with van der Waals surface area (Å²) in [4.78, 5) is 0.182. The number of para-hydroxylation sites is 1. The summed E-state index contributed by atoms with van der Waals surface area (Å²) in [5.41, 5.74) is 1.56. The molecule has 21 heavy (non-hydrogen) atoms. The van der Waals surface area contributed by atoms with Gasteiger partial charge < -0.3 is 4.74 Å². The highest BCUT2D eigenvalue weighted by molar-refractivity contribution is 9.10. The van der Waals surface area contributed by atoms with Crippen LogP contribution in [0.4, 0.5) is 5.69 Å². The van der Waals surface area contributed by atoms with Crippen LogP contribution in [0.15, 0.2) is 51.8 Å². The molecule has 2 rings (SSSR count). The van der Waals surface area contributed by atoms with E-state index in [2.05, 4.69) is 20.7 Å². The average Bonchev–Trinajstić information content (AvgIpc) is 2.47. The Morgan fingerprint density at radius 2 is 1.90 bits per heavy atom. The highest BCUT2D eigenvalue weighted by Gasteiger charge is 2.17. The molecule has 2 aromatic rings. The minimum Gasteiger partial charge on any atom is -0.496 e. The highest BCUT2D eigenvalue weighted by Crippen LogP contribution is 2.28. The topological polar surface area (TPSA) is 55.4 Å². The first kappa shape index (κ1) is 15.9. The van der Waals surface area contributed by atoms with Crippen LogP contribution in [0.1, 0.15) is 12.5 Å². The van der Waals surface area contributed by atoms with Crippen molar-refractivity contribution < 1.29 is 13.2 Å². The van der Waals surface area contributed by atoms with Gasteiger partial charge in [0.1, 0.15) is 5.75 Å². The van der Waals surface area contributed by atoms with E-state index in [1.807, 2.05) is 19.1 Å². The molecule has 2 aromatic carbocycles. The molecule has 0 aliphatic rings. The van der Waals surface area contributed by atoms with E-state index in [9.17, 15) is 8.42 Å². The Labute approximate surface area is 133 Å². The van der Waals surface area contributed by atoms with E-state index >= 15 is 0 Å². The molecule has 0 spiro atoms. The number of methoxy groups -OCH3 is 1. The lowest BCUT2D eigenvalue weighted by molar-refractivity contribution is 0.411. The van der Waals surface area contributed by atoms with E-state index in [0.717, 1.165) is 12.0 Å². The van der Waals surface area contributed by atoms with Crippen LogP contribution >= 0.6 is 15.9 Å². The van der Waals surface area contributed by atoms with Gasteiger partial charge in [-0.25, -0.2) is 8.42 Å². The van der Waals surface area contributed by atoms with Crippen LogP contribution in [-0.2, 0) is 16.4 Å². The molecule has 4 nitrogen and oxygen atoms in total.